The lowest BCUT2D eigenvalue weighted by molar-refractivity contribution is 0.264. The van der Waals surface area contributed by atoms with E-state index in [9.17, 15) is 5.11 Å². The molecule has 0 aliphatic carbocycles. The predicted molar refractivity (Wildman–Crippen MR) is 64.3 cm³/mol. The largest absolute Gasteiger partial charge is 0.396 e. The van der Waals surface area contributed by atoms with Gasteiger partial charge in [0.05, 0.1) is 6.61 Å². The number of aliphatic hydroxyl groups excluding tert-OH is 1. The average molecular weight is 218 g/mol. The molecule has 1 heterocycles. The molecule has 0 saturated heterocycles. The van der Waals surface area contributed by atoms with Crippen molar-refractivity contribution >= 4 is 11.3 Å². The molecule has 15 heavy (non-hydrogen) atoms. The van der Waals surface area contributed by atoms with Gasteiger partial charge in [-0.2, -0.15) is 11.3 Å². The van der Waals surface area contributed by atoms with E-state index in [2.05, 4.69) is 29.0 Å². The fraction of sp³-hybridized carbons (Fsp3) is 0.231. The number of hydrogen-bond acceptors (Lipinski definition) is 2. The molecule has 78 valence electrons. The van der Waals surface area contributed by atoms with Crippen molar-refractivity contribution in [3.05, 3.63) is 58.3 Å². The Bertz CT molecular complexity index is 380. The highest BCUT2D eigenvalue weighted by atomic mass is 32.1. The second-order valence-corrected chi connectivity index (χ2v) is 4.41. The smallest absolute Gasteiger partial charge is 0.0502 e. The van der Waals surface area contributed by atoms with Crippen LogP contribution in [-0.4, -0.2) is 11.7 Å². The molecule has 0 aliphatic rings. The summed E-state index contributed by atoms with van der Waals surface area (Å²) in [4.78, 5) is 0. The highest BCUT2D eigenvalue weighted by molar-refractivity contribution is 7.07. The molecule has 2 aromatic rings. The first-order valence-electron chi connectivity index (χ1n) is 5.07. The molecule has 0 bridgehead atoms. The van der Waals surface area contributed by atoms with Crippen molar-refractivity contribution in [2.45, 2.75) is 12.3 Å². The lowest BCUT2D eigenvalue weighted by atomic mass is 9.94. The summed E-state index contributed by atoms with van der Waals surface area (Å²) in [6, 6.07) is 12.3. The molecule has 1 atom stereocenters. The van der Waals surface area contributed by atoms with E-state index in [1.54, 1.807) is 11.3 Å². The number of thiophene rings is 1. The maximum atomic E-state index is 9.38. The predicted octanol–water partition coefficient (Wildman–Crippen LogP) is 3.07. The molecule has 1 nitrogen and oxygen atoms in total. The SMILES string of the molecule is OCC(Cc1ccsc1)c1ccccc1. The Labute approximate surface area is 94.0 Å². The Morgan fingerprint density at radius 3 is 2.53 bits per heavy atom. The van der Waals surface area contributed by atoms with Gasteiger partial charge in [0.1, 0.15) is 0 Å². The van der Waals surface area contributed by atoms with Gasteiger partial charge in [-0.05, 0) is 34.4 Å². The van der Waals surface area contributed by atoms with Gasteiger partial charge >= 0.3 is 0 Å². The van der Waals surface area contributed by atoms with Crippen molar-refractivity contribution < 1.29 is 5.11 Å². The van der Waals surface area contributed by atoms with Crippen LogP contribution in [0.15, 0.2) is 47.2 Å². The fourth-order valence-electron chi connectivity index (χ4n) is 1.71. The van der Waals surface area contributed by atoms with E-state index in [4.69, 9.17) is 0 Å². The minimum Gasteiger partial charge on any atom is -0.396 e. The highest BCUT2D eigenvalue weighted by Gasteiger charge is 2.10. The van der Waals surface area contributed by atoms with Crippen LogP contribution < -0.4 is 0 Å². The van der Waals surface area contributed by atoms with E-state index < -0.39 is 0 Å². The van der Waals surface area contributed by atoms with E-state index in [0.717, 1.165) is 6.42 Å². The first-order valence-corrected chi connectivity index (χ1v) is 6.01. The Hall–Kier alpha value is -1.12. The second kappa shape index (κ2) is 5.10. The van der Waals surface area contributed by atoms with Gasteiger partial charge in [-0.3, -0.25) is 0 Å². The van der Waals surface area contributed by atoms with Crippen LogP contribution in [0.25, 0.3) is 0 Å². The molecule has 1 aromatic heterocycles. The standard InChI is InChI=1S/C13H14OS/c14-9-13(8-11-6-7-15-10-11)12-4-2-1-3-5-12/h1-7,10,13-14H,8-9H2. The summed E-state index contributed by atoms with van der Waals surface area (Å²) in [7, 11) is 0. The maximum absolute atomic E-state index is 9.38. The molecular formula is C13H14OS. The highest BCUT2D eigenvalue weighted by Crippen LogP contribution is 2.21. The molecule has 1 unspecified atom stereocenters. The summed E-state index contributed by atoms with van der Waals surface area (Å²) in [5.41, 5.74) is 2.52. The lowest BCUT2D eigenvalue weighted by Gasteiger charge is -2.13. The molecule has 0 spiro atoms. The third-order valence-corrected chi connectivity index (χ3v) is 3.29. The van der Waals surface area contributed by atoms with Crippen molar-refractivity contribution in [3.63, 3.8) is 0 Å². The van der Waals surface area contributed by atoms with Crippen LogP contribution in [-0.2, 0) is 6.42 Å². The van der Waals surface area contributed by atoms with E-state index in [1.807, 2.05) is 18.2 Å². The summed E-state index contributed by atoms with van der Waals surface area (Å²) in [5.74, 6) is 0.223. The van der Waals surface area contributed by atoms with E-state index in [-0.39, 0.29) is 12.5 Å². The summed E-state index contributed by atoms with van der Waals surface area (Å²) in [6.07, 6.45) is 0.921. The van der Waals surface area contributed by atoms with Crippen molar-refractivity contribution in [1.82, 2.24) is 0 Å². The first kappa shape index (κ1) is 10.4. The van der Waals surface area contributed by atoms with Gasteiger partial charge in [-0.25, -0.2) is 0 Å². The van der Waals surface area contributed by atoms with Crippen LogP contribution >= 0.6 is 11.3 Å². The monoisotopic (exact) mass is 218 g/mol. The van der Waals surface area contributed by atoms with Crippen molar-refractivity contribution in [3.8, 4) is 0 Å². The molecule has 1 N–H and O–H groups in total. The normalized spacial score (nSPS) is 12.6. The zero-order valence-corrected chi connectivity index (χ0v) is 9.28. The number of aliphatic hydroxyl groups is 1. The molecule has 2 rings (SSSR count). The molecular weight excluding hydrogens is 204 g/mol. The molecule has 0 fully saturated rings. The number of hydrogen-bond donors (Lipinski definition) is 1. The zero-order valence-electron chi connectivity index (χ0n) is 8.47. The Morgan fingerprint density at radius 1 is 1.13 bits per heavy atom. The quantitative estimate of drug-likeness (QED) is 0.836. The summed E-state index contributed by atoms with van der Waals surface area (Å²) in [6.45, 7) is 0.208. The minimum absolute atomic E-state index is 0.208. The van der Waals surface area contributed by atoms with Crippen molar-refractivity contribution in [1.29, 1.82) is 0 Å². The van der Waals surface area contributed by atoms with Gasteiger partial charge in [-0.15, -0.1) is 0 Å². The molecule has 2 heteroatoms. The van der Waals surface area contributed by atoms with E-state index in [0.29, 0.717) is 0 Å². The zero-order chi connectivity index (χ0) is 10.5. The fourth-order valence-corrected chi connectivity index (χ4v) is 2.39. The van der Waals surface area contributed by atoms with Gasteiger partial charge < -0.3 is 5.11 Å². The third-order valence-electron chi connectivity index (χ3n) is 2.55. The Balaban J connectivity index is 2.12. The molecule has 0 saturated carbocycles. The van der Waals surface area contributed by atoms with Crippen molar-refractivity contribution in [2.75, 3.05) is 6.61 Å². The van der Waals surface area contributed by atoms with E-state index >= 15 is 0 Å². The molecule has 0 radical (unpaired) electrons. The minimum atomic E-state index is 0.208. The van der Waals surface area contributed by atoms with Crippen LogP contribution in [0.1, 0.15) is 17.0 Å². The van der Waals surface area contributed by atoms with Gasteiger partial charge in [0.15, 0.2) is 0 Å². The summed E-state index contributed by atoms with van der Waals surface area (Å²) < 4.78 is 0. The number of benzene rings is 1. The van der Waals surface area contributed by atoms with Crippen LogP contribution in [0.5, 0.6) is 0 Å². The topological polar surface area (TPSA) is 20.2 Å². The van der Waals surface area contributed by atoms with Gasteiger partial charge in [-0.1, -0.05) is 30.3 Å². The maximum Gasteiger partial charge on any atom is 0.0502 e. The molecule has 0 aliphatic heterocycles. The molecule has 1 aromatic carbocycles. The van der Waals surface area contributed by atoms with Gasteiger partial charge in [0.25, 0.3) is 0 Å². The van der Waals surface area contributed by atoms with Crippen LogP contribution in [0.2, 0.25) is 0 Å². The lowest BCUT2D eigenvalue weighted by Crippen LogP contribution is -2.06. The molecule has 0 amide bonds. The first-order chi connectivity index (χ1) is 7.40. The number of rotatable bonds is 4. The van der Waals surface area contributed by atoms with E-state index in [1.165, 1.54) is 11.1 Å². The average Bonchev–Trinajstić information content (AvgIpc) is 2.80. The van der Waals surface area contributed by atoms with Crippen LogP contribution in [0.3, 0.4) is 0 Å². The Kier molecular flexibility index (Phi) is 3.54. The van der Waals surface area contributed by atoms with Gasteiger partial charge in [0.2, 0.25) is 0 Å². The van der Waals surface area contributed by atoms with Gasteiger partial charge in [0, 0.05) is 5.92 Å². The second-order valence-electron chi connectivity index (χ2n) is 3.63. The third kappa shape index (κ3) is 2.67. The van der Waals surface area contributed by atoms with Crippen molar-refractivity contribution in [2.24, 2.45) is 0 Å². The summed E-state index contributed by atoms with van der Waals surface area (Å²) in [5, 5.41) is 13.6. The van der Waals surface area contributed by atoms with Crippen LogP contribution in [0.4, 0.5) is 0 Å². The van der Waals surface area contributed by atoms with Crippen LogP contribution in [0, 0.1) is 0 Å². The summed E-state index contributed by atoms with van der Waals surface area (Å²) >= 11 is 1.71. The Morgan fingerprint density at radius 2 is 1.93 bits per heavy atom.